The van der Waals surface area contributed by atoms with Crippen molar-refractivity contribution in [3.8, 4) is 0 Å². The number of nitrogens with one attached hydrogen (secondary N) is 1. The number of hydrogen-bond donors (Lipinski definition) is 1. The molecule has 4 rings (SSSR count). The monoisotopic (exact) mass is 246 g/mol. The quantitative estimate of drug-likeness (QED) is 0.869. The summed E-state index contributed by atoms with van der Waals surface area (Å²) in [6, 6.07) is 4.40. The van der Waals surface area contributed by atoms with Crippen molar-refractivity contribution in [3.63, 3.8) is 0 Å². The van der Waals surface area contributed by atoms with Crippen molar-refractivity contribution in [2.24, 2.45) is 17.8 Å². The van der Waals surface area contributed by atoms with Gasteiger partial charge in [0.2, 0.25) is 5.91 Å². The molecule has 1 aliphatic heterocycles. The second-order valence-corrected chi connectivity index (χ2v) is 5.92. The summed E-state index contributed by atoms with van der Waals surface area (Å²) in [4.78, 5) is 12.1. The first-order chi connectivity index (χ1) is 8.75. The Balaban J connectivity index is 1.65. The van der Waals surface area contributed by atoms with Crippen molar-refractivity contribution in [1.29, 1.82) is 0 Å². The zero-order chi connectivity index (χ0) is 12.3. The number of hydrogen-bond acceptors (Lipinski definition) is 3. The molecule has 4 nitrogen and oxygen atoms in total. The molecule has 96 valence electrons. The van der Waals surface area contributed by atoms with Crippen LogP contribution in [0.3, 0.4) is 0 Å². The summed E-state index contributed by atoms with van der Waals surface area (Å²) in [7, 11) is 0. The van der Waals surface area contributed by atoms with E-state index in [1.54, 1.807) is 6.26 Å². The zero-order valence-corrected chi connectivity index (χ0v) is 10.5. The Morgan fingerprint density at radius 3 is 3.06 bits per heavy atom. The molecule has 1 aromatic heterocycles. The van der Waals surface area contributed by atoms with Gasteiger partial charge in [0.25, 0.3) is 0 Å². The van der Waals surface area contributed by atoms with Gasteiger partial charge in [-0.1, -0.05) is 0 Å². The molecule has 2 heterocycles. The summed E-state index contributed by atoms with van der Waals surface area (Å²) < 4.78 is 5.48. The third-order valence-corrected chi connectivity index (χ3v) is 5.11. The molecule has 0 aromatic carbocycles. The molecule has 18 heavy (non-hydrogen) atoms. The van der Waals surface area contributed by atoms with E-state index in [0.717, 1.165) is 5.76 Å². The Hall–Kier alpha value is -1.29. The van der Waals surface area contributed by atoms with E-state index in [0.29, 0.717) is 17.9 Å². The summed E-state index contributed by atoms with van der Waals surface area (Å²) in [5, 5.41) is 2.15. The molecule has 0 radical (unpaired) electrons. The lowest BCUT2D eigenvalue weighted by Crippen LogP contribution is -2.43. The highest BCUT2D eigenvalue weighted by Gasteiger charge is 2.58. The van der Waals surface area contributed by atoms with E-state index in [4.69, 9.17) is 4.42 Å². The maximum absolute atomic E-state index is 12.1. The summed E-state index contributed by atoms with van der Waals surface area (Å²) in [6.45, 7) is 2.10. The van der Waals surface area contributed by atoms with E-state index in [-0.39, 0.29) is 17.9 Å². The minimum atomic E-state index is 0.123. The first-order valence-corrected chi connectivity index (χ1v) is 6.88. The van der Waals surface area contributed by atoms with Crippen LogP contribution in [0.1, 0.15) is 38.0 Å². The Morgan fingerprint density at radius 1 is 1.44 bits per heavy atom. The van der Waals surface area contributed by atoms with Crippen LogP contribution in [-0.2, 0) is 4.79 Å². The maximum Gasteiger partial charge on any atom is 0.239 e. The number of hydrazine groups is 1. The van der Waals surface area contributed by atoms with Crippen LogP contribution in [0.15, 0.2) is 22.8 Å². The first kappa shape index (κ1) is 10.6. The van der Waals surface area contributed by atoms with Crippen LogP contribution >= 0.6 is 0 Å². The summed E-state index contributed by atoms with van der Waals surface area (Å²) in [6.07, 6.45) is 5.45. The van der Waals surface area contributed by atoms with Crippen LogP contribution in [-0.4, -0.2) is 17.0 Å². The molecule has 1 amide bonds. The molecule has 3 fully saturated rings. The number of carbonyl (C=O) groups excluding carboxylic acids is 1. The van der Waals surface area contributed by atoms with Gasteiger partial charge in [-0.3, -0.25) is 10.2 Å². The minimum Gasteiger partial charge on any atom is -0.468 e. The Kier molecular flexibility index (Phi) is 2.13. The van der Waals surface area contributed by atoms with E-state index in [9.17, 15) is 4.79 Å². The largest absolute Gasteiger partial charge is 0.468 e. The molecule has 4 heteroatoms. The molecular weight excluding hydrogens is 228 g/mol. The fourth-order valence-corrected chi connectivity index (χ4v) is 4.33. The Bertz CT molecular complexity index is 470. The highest BCUT2D eigenvalue weighted by atomic mass is 16.3. The Morgan fingerprint density at radius 2 is 2.28 bits per heavy atom. The van der Waals surface area contributed by atoms with Crippen molar-refractivity contribution < 1.29 is 9.21 Å². The second kappa shape index (κ2) is 3.60. The topological polar surface area (TPSA) is 45.5 Å². The van der Waals surface area contributed by atoms with Gasteiger partial charge < -0.3 is 4.42 Å². The summed E-state index contributed by atoms with van der Waals surface area (Å²) in [5.74, 6) is 2.69. The van der Waals surface area contributed by atoms with Crippen LogP contribution < -0.4 is 5.43 Å². The van der Waals surface area contributed by atoms with Gasteiger partial charge >= 0.3 is 0 Å². The number of carbonyl (C=O) groups is 1. The van der Waals surface area contributed by atoms with Gasteiger partial charge in [-0.05, 0) is 50.2 Å². The van der Waals surface area contributed by atoms with Crippen LogP contribution in [0.25, 0.3) is 0 Å². The number of amides is 1. The summed E-state index contributed by atoms with van der Waals surface area (Å²) >= 11 is 0. The molecule has 0 spiro atoms. The number of nitrogens with zero attached hydrogens (tertiary/aromatic N) is 1. The fraction of sp³-hybridized carbons (Fsp3) is 0.643. The predicted molar refractivity (Wildman–Crippen MR) is 65.2 cm³/mol. The lowest BCUT2D eigenvalue weighted by atomic mass is 9.84. The van der Waals surface area contributed by atoms with Gasteiger partial charge in [0, 0.05) is 6.04 Å². The molecule has 3 aliphatic rings. The van der Waals surface area contributed by atoms with Gasteiger partial charge in [0.1, 0.15) is 5.76 Å². The lowest BCUT2D eigenvalue weighted by Gasteiger charge is -2.32. The molecule has 5 atom stereocenters. The normalized spacial score (nSPS) is 39.9. The van der Waals surface area contributed by atoms with Crippen molar-refractivity contribution in [1.82, 2.24) is 10.4 Å². The molecule has 2 saturated carbocycles. The zero-order valence-electron chi connectivity index (χ0n) is 10.5. The average molecular weight is 246 g/mol. The highest BCUT2D eigenvalue weighted by Crippen LogP contribution is 2.53. The molecule has 1 N–H and O–H groups in total. The second-order valence-electron chi connectivity index (χ2n) is 5.92. The van der Waals surface area contributed by atoms with Crippen molar-refractivity contribution in [3.05, 3.63) is 24.2 Å². The van der Waals surface area contributed by atoms with Gasteiger partial charge in [0.15, 0.2) is 0 Å². The molecule has 2 bridgehead atoms. The Labute approximate surface area is 106 Å². The molecule has 2 aliphatic carbocycles. The van der Waals surface area contributed by atoms with Crippen LogP contribution in [0, 0.1) is 17.8 Å². The van der Waals surface area contributed by atoms with Crippen molar-refractivity contribution >= 4 is 5.91 Å². The van der Waals surface area contributed by atoms with E-state index in [1.165, 1.54) is 19.3 Å². The number of furan rings is 1. The SMILES string of the molecule is CC(c1ccco1)N1NC(=O)C2C3CCC(C3)C21. The molecular formula is C14H18N2O2. The van der Waals surface area contributed by atoms with Gasteiger partial charge in [0.05, 0.1) is 18.2 Å². The van der Waals surface area contributed by atoms with Gasteiger partial charge in [-0.15, -0.1) is 0 Å². The minimum absolute atomic E-state index is 0.123. The van der Waals surface area contributed by atoms with Crippen LogP contribution in [0.2, 0.25) is 0 Å². The highest BCUT2D eigenvalue weighted by molar-refractivity contribution is 5.82. The van der Waals surface area contributed by atoms with Gasteiger partial charge in [-0.2, -0.15) is 0 Å². The number of fused-ring (bicyclic) bond motifs is 5. The molecule has 1 saturated heterocycles. The molecule has 1 aromatic rings. The van der Waals surface area contributed by atoms with Crippen molar-refractivity contribution in [2.75, 3.05) is 0 Å². The summed E-state index contributed by atoms with van der Waals surface area (Å²) in [5.41, 5.74) is 3.08. The molecule has 5 unspecified atom stereocenters. The van der Waals surface area contributed by atoms with Crippen LogP contribution in [0.5, 0.6) is 0 Å². The third kappa shape index (κ3) is 1.27. The smallest absolute Gasteiger partial charge is 0.239 e. The predicted octanol–water partition coefficient (Wildman–Crippen LogP) is 2.10. The fourth-order valence-electron chi connectivity index (χ4n) is 4.33. The first-order valence-electron chi connectivity index (χ1n) is 6.88. The average Bonchev–Trinajstić information content (AvgIpc) is 3.11. The van der Waals surface area contributed by atoms with E-state index in [2.05, 4.69) is 17.4 Å². The van der Waals surface area contributed by atoms with E-state index < -0.39 is 0 Å². The third-order valence-electron chi connectivity index (χ3n) is 5.11. The van der Waals surface area contributed by atoms with E-state index in [1.807, 2.05) is 12.1 Å². The van der Waals surface area contributed by atoms with Crippen LogP contribution in [0.4, 0.5) is 0 Å². The standard InChI is InChI=1S/C14H18N2O2/c1-8(11-3-2-6-18-11)16-13-10-5-4-9(7-10)12(13)14(17)15-16/h2-3,6,8-10,12-13H,4-5,7H2,1H3,(H,15,17). The number of rotatable bonds is 2. The van der Waals surface area contributed by atoms with Crippen molar-refractivity contribution in [2.45, 2.75) is 38.3 Å². The maximum atomic E-state index is 12.1. The van der Waals surface area contributed by atoms with Gasteiger partial charge in [-0.25, -0.2) is 5.01 Å². The lowest BCUT2D eigenvalue weighted by molar-refractivity contribution is -0.125. The van der Waals surface area contributed by atoms with E-state index >= 15 is 0 Å².